The van der Waals surface area contributed by atoms with Crippen LogP contribution in [0.5, 0.6) is 0 Å². The zero-order valence-corrected chi connectivity index (χ0v) is 16.6. The van der Waals surface area contributed by atoms with Crippen LogP contribution in [0.25, 0.3) is 0 Å². The quantitative estimate of drug-likeness (QED) is 0.630. The number of anilines is 1. The molecule has 0 bridgehead atoms. The van der Waals surface area contributed by atoms with Crippen molar-refractivity contribution in [2.45, 2.75) is 19.4 Å². The largest absolute Gasteiger partial charge is 0.346 e. The monoisotopic (exact) mass is 413 g/mol. The van der Waals surface area contributed by atoms with Gasteiger partial charge in [-0.1, -0.05) is 0 Å². The first-order chi connectivity index (χ1) is 13.8. The summed E-state index contributed by atoms with van der Waals surface area (Å²) in [7, 11) is -3.47. The number of hydrogen-bond acceptors (Lipinski definition) is 7. The van der Waals surface area contributed by atoms with E-state index in [2.05, 4.69) is 30.5 Å². The van der Waals surface area contributed by atoms with Crippen molar-refractivity contribution in [2.24, 2.45) is 0 Å². The van der Waals surface area contributed by atoms with Gasteiger partial charge in [-0.3, -0.25) is 24.2 Å². The van der Waals surface area contributed by atoms with Crippen LogP contribution in [0.3, 0.4) is 0 Å². The number of aromatic amines is 1. The SMILES string of the molecule is Cc1cnc(CNC(=O)c2ccc3c(c2)C(c2ncn[nH]2)CN3S(C)(=O)=O)cn1. The molecular weight excluding hydrogens is 394 g/mol. The zero-order chi connectivity index (χ0) is 20.6. The third-order valence-corrected chi connectivity index (χ3v) is 5.86. The molecule has 0 saturated heterocycles. The lowest BCUT2D eigenvalue weighted by molar-refractivity contribution is 0.0950. The van der Waals surface area contributed by atoms with Crippen LogP contribution in [-0.2, 0) is 16.6 Å². The average molecular weight is 413 g/mol. The maximum absolute atomic E-state index is 12.6. The van der Waals surface area contributed by atoms with E-state index in [4.69, 9.17) is 0 Å². The number of aryl methyl sites for hydroxylation is 1. The number of rotatable bonds is 5. The standard InChI is InChI=1S/C18H19N7O3S/c1-11-6-20-13(7-19-11)8-21-18(26)12-3-4-16-14(5-12)15(17-22-10-23-24-17)9-25(16)29(2,27)28/h3-7,10,15H,8-9H2,1-2H3,(H,21,26)(H,22,23,24). The lowest BCUT2D eigenvalue weighted by Crippen LogP contribution is -2.29. The molecule has 1 unspecified atom stereocenters. The van der Waals surface area contributed by atoms with E-state index in [0.29, 0.717) is 28.3 Å². The Balaban J connectivity index is 1.61. The van der Waals surface area contributed by atoms with E-state index >= 15 is 0 Å². The Morgan fingerprint density at radius 3 is 2.76 bits per heavy atom. The van der Waals surface area contributed by atoms with Crippen molar-refractivity contribution in [3.05, 3.63) is 65.3 Å². The summed E-state index contributed by atoms with van der Waals surface area (Å²) in [6.45, 7) is 2.28. The van der Waals surface area contributed by atoms with Crippen LogP contribution in [0.15, 0.2) is 36.9 Å². The minimum absolute atomic E-state index is 0.202. The first-order valence-electron chi connectivity index (χ1n) is 8.85. The Morgan fingerprint density at radius 1 is 1.28 bits per heavy atom. The molecular formula is C18H19N7O3S. The molecule has 3 aromatic rings. The van der Waals surface area contributed by atoms with Crippen molar-refractivity contribution < 1.29 is 13.2 Å². The van der Waals surface area contributed by atoms with E-state index in [1.807, 2.05) is 6.92 Å². The number of carbonyl (C=O) groups is 1. The zero-order valence-electron chi connectivity index (χ0n) is 15.8. The Bertz CT molecular complexity index is 1140. The second kappa shape index (κ2) is 7.24. The van der Waals surface area contributed by atoms with Crippen LogP contribution in [0, 0.1) is 6.92 Å². The highest BCUT2D eigenvalue weighted by Gasteiger charge is 2.36. The molecule has 2 N–H and O–H groups in total. The number of amides is 1. The van der Waals surface area contributed by atoms with Gasteiger partial charge in [0.2, 0.25) is 10.0 Å². The van der Waals surface area contributed by atoms with Crippen molar-refractivity contribution in [2.75, 3.05) is 17.1 Å². The van der Waals surface area contributed by atoms with Crippen LogP contribution in [0.1, 0.15) is 39.1 Å². The molecule has 3 heterocycles. The van der Waals surface area contributed by atoms with Crippen molar-refractivity contribution in [3.63, 3.8) is 0 Å². The lowest BCUT2D eigenvalue weighted by atomic mass is 9.98. The first-order valence-corrected chi connectivity index (χ1v) is 10.7. The summed E-state index contributed by atoms with van der Waals surface area (Å²) in [6.07, 6.45) is 5.78. The van der Waals surface area contributed by atoms with Crippen LogP contribution >= 0.6 is 0 Å². The highest BCUT2D eigenvalue weighted by atomic mass is 32.2. The summed E-state index contributed by atoms with van der Waals surface area (Å²) in [5.41, 5.74) is 3.11. The molecule has 0 aliphatic carbocycles. The van der Waals surface area contributed by atoms with Gasteiger partial charge in [-0.25, -0.2) is 13.4 Å². The number of carbonyl (C=O) groups excluding carboxylic acids is 1. The molecule has 0 fully saturated rings. The summed E-state index contributed by atoms with van der Waals surface area (Å²) < 4.78 is 25.7. The number of benzene rings is 1. The predicted molar refractivity (Wildman–Crippen MR) is 105 cm³/mol. The Kier molecular flexibility index (Phi) is 4.74. The van der Waals surface area contributed by atoms with Crippen molar-refractivity contribution >= 4 is 21.6 Å². The molecule has 1 atom stereocenters. The fraction of sp³-hybridized carbons (Fsp3) is 0.278. The minimum atomic E-state index is -3.47. The van der Waals surface area contributed by atoms with Crippen molar-refractivity contribution in [1.29, 1.82) is 0 Å². The van der Waals surface area contributed by atoms with Gasteiger partial charge in [0.25, 0.3) is 5.91 Å². The highest BCUT2D eigenvalue weighted by Crippen LogP contribution is 2.40. The van der Waals surface area contributed by atoms with E-state index < -0.39 is 10.0 Å². The maximum Gasteiger partial charge on any atom is 0.251 e. The van der Waals surface area contributed by atoms with Crippen LogP contribution in [0.4, 0.5) is 5.69 Å². The third kappa shape index (κ3) is 3.81. The van der Waals surface area contributed by atoms with Gasteiger partial charge in [0.05, 0.1) is 42.0 Å². The number of hydrogen-bond donors (Lipinski definition) is 2. The average Bonchev–Trinajstić information content (AvgIpc) is 3.34. The molecule has 1 aliphatic rings. The molecule has 0 saturated carbocycles. The number of nitrogens with one attached hydrogen (secondary N) is 2. The minimum Gasteiger partial charge on any atom is -0.346 e. The second-order valence-electron chi connectivity index (χ2n) is 6.82. The Labute approximate surface area is 167 Å². The van der Waals surface area contributed by atoms with Crippen molar-refractivity contribution in [1.82, 2.24) is 30.5 Å². The Hall–Kier alpha value is -3.34. The van der Waals surface area contributed by atoms with Gasteiger partial charge in [-0.05, 0) is 30.7 Å². The molecule has 1 aliphatic heterocycles. The topological polar surface area (TPSA) is 134 Å². The van der Waals surface area contributed by atoms with Crippen LogP contribution < -0.4 is 9.62 Å². The molecule has 1 amide bonds. The third-order valence-electron chi connectivity index (χ3n) is 4.71. The van der Waals surface area contributed by atoms with E-state index in [1.54, 1.807) is 30.6 Å². The highest BCUT2D eigenvalue weighted by molar-refractivity contribution is 7.92. The molecule has 0 radical (unpaired) electrons. The molecule has 0 spiro atoms. The Morgan fingerprint density at radius 2 is 2.10 bits per heavy atom. The van der Waals surface area contributed by atoms with Gasteiger partial charge >= 0.3 is 0 Å². The normalized spacial score (nSPS) is 15.9. The summed E-state index contributed by atoms with van der Waals surface area (Å²) in [6, 6.07) is 4.95. The van der Waals surface area contributed by atoms with Gasteiger partial charge in [-0.15, -0.1) is 0 Å². The molecule has 150 valence electrons. The number of fused-ring (bicyclic) bond motifs is 1. The van der Waals surface area contributed by atoms with Crippen molar-refractivity contribution in [3.8, 4) is 0 Å². The van der Waals surface area contributed by atoms with Crippen LogP contribution in [-0.4, -0.2) is 52.3 Å². The summed E-state index contributed by atoms with van der Waals surface area (Å²) in [4.78, 5) is 25.2. The number of aromatic nitrogens is 5. The summed E-state index contributed by atoms with van der Waals surface area (Å²) in [5.74, 6) is -0.0767. The maximum atomic E-state index is 12.6. The van der Waals surface area contributed by atoms with Gasteiger partial charge in [0.1, 0.15) is 12.2 Å². The fourth-order valence-corrected chi connectivity index (χ4v) is 4.22. The van der Waals surface area contributed by atoms with E-state index in [1.165, 1.54) is 10.6 Å². The fourth-order valence-electron chi connectivity index (χ4n) is 3.28. The number of H-pyrrole nitrogens is 1. The number of sulfonamides is 1. The first kappa shape index (κ1) is 19.0. The summed E-state index contributed by atoms with van der Waals surface area (Å²) in [5, 5.41) is 9.46. The van der Waals surface area contributed by atoms with Gasteiger partial charge in [-0.2, -0.15) is 5.10 Å². The molecule has 10 nitrogen and oxygen atoms in total. The molecule has 11 heteroatoms. The van der Waals surface area contributed by atoms with E-state index in [0.717, 1.165) is 11.9 Å². The number of nitrogens with zero attached hydrogens (tertiary/aromatic N) is 5. The van der Waals surface area contributed by atoms with Gasteiger partial charge in [0.15, 0.2) is 0 Å². The van der Waals surface area contributed by atoms with Gasteiger partial charge in [0, 0.05) is 18.3 Å². The van der Waals surface area contributed by atoms with Crippen LogP contribution in [0.2, 0.25) is 0 Å². The van der Waals surface area contributed by atoms with E-state index in [9.17, 15) is 13.2 Å². The van der Waals surface area contributed by atoms with E-state index in [-0.39, 0.29) is 24.9 Å². The van der Waals surface area contributed by atoms with Gasteiger partial charge < -0.3 is 5.32 Å². The lowest BCUT2D eigenvalue weighted by Gasteiger charge is -2.16. The molecule has 2 aromatic heterocycles. The summed E-state index contributed by atoms with van der Waals surface area (Å²) >= 11 is 0. The molecule has 4 rings (SSSR count). The smallest absolute Gasteiger partial charge is 0.251 e. The molecule has 1 aromatic carbocycles. The predicted octanol–water partition coefficient (Wildman–Crippen LogP) is 0.745. The second-order valence-corrected chi connectivity index (χ2v) is 8.73. The molecule has 29 heavy (non-hydrogen) atoms.